The number of carbonyl (C=O) groups excluding carboxylic acids is 2. The zero-order valence-corrected chi connectivity index (χ0v) is 19.1. The van der Waals surface area contributed by atoms with Crippen molar-refractivity contribution in [2.45, 2.75) is 31.9 Å². The van der Waals surface area contributed by atoms with Crippen molar-refractivity contribution in [3.05, 3.63) is 70.3 Å². The maximum Gasteiger partial charge on any atom is 0.408 e. The van der Waals surface area contributed by atoms with Gasteiger partial charge in [0.15, 0.2) is 0 Å². The molecular weight excluding hydrogens is 444 g/mol. The average molecular weight is 473 g/mol. The molecule has 3 rings (SSSR count). The van der Waals surface area contributed by atoms with Crippen molar-refractivity contribution >= 4 is 35.1 Å². The van der Waals surface area contributed by atoms with Crippen molar-refractivity contribution < 1.29 is 19.2 Å². The van der Waals surface area contributed by atoms with Crippen LogP contribution < -0.4 is 10.6 Å². The van der Waals surface area contributed by atoms with Crippen molar-refractivity contribution in [3.8, 4) is 0 Å². The Hall–Kier alpha value is -3.27. The number of amides is 2. The topological polar surface area (TPSA) is 114 Å². The first kappa shape index (κ1) is 24.4. The highest BCUT2D eigenvalue weighted by Gasteiger charge is 2.28. The van der Waals surface area contributed by atoms with Crippen molar-refractivity contribution in [1.29, 1.82) is 0 Å². The predicted molar refractivity (Wildman–Crippen MR) is 128 cm³/mol. The first-order chi connectivity index (χ1) is 16.0. The molecule has 0 aliphatic carbocycles. The van der Waals surface area contributed by atoms with E-state index in [0.717, 1.165) is 11.3 Å². The minimum absolute atomic E-state index is 0.0277. The van der Waals surface area contributed by atoms with E-state index in [1.54, 1.807) is 34.9 Å². The molecule has 0 spiro atoms. The minimum Gasteiger partial charge on any atom is -0.445 e. The smallest absolute Gasteiger partial charge is 0.408 e. The molecule has 1 aliphatic heterocycles. The van der Waals surface area contributed by atoms with Crippen LogP contribution in [0.4, 0.5) is 16.2 Å². The Balaban J connectivity index is 1.48. The van der Waals surface area contributed by atoms with Crippen LogP contribution in [0.1, 0.15) is 24.8 Å². The van der Waals surface area contributed by atoms with E-state index >= 15 is 0 Å². The third kappa shape index (κ3) is 7.67. The molecule has 2 aromatic carbocycles. The predicted octanol–water partition coefficient (Wildman–Crippen LogP) is 4.00. The second-order valence-corrected chi connectivity index (χ2v) is 8.67. The van der Waals surface area contributed by atoms with Crippen LogP contribution >= 0.6 is 11.8 Å². The summed E-state index contributed by atoms with van der Waals surface area (Å²) < 4.78 is 5.29. The summed E-state index contributed by atoms with van der Waals surface area (Å²) in [4.78, 5) is 37.7. The fourth-order valence-electron chi connectivity index (χ4n) is 3.45. The first-order valence-corrected chi connectivity index (χ1v) is 12.0. The van der Waals surface area contributed by atoms with Gasteiger partial charge in [0.2, 0.25) is 5.91 Å². The van der Waals surface area contributed by atoms with Crippen molar-refractivity contribution in [3.63, 3.8) is 0 Å². The van der Waals surface area contributed by atoms with Crippen molar-refractivity contribution in [2.75, 3.05) is 30.0 Å². The number of nitro benzene ring substituents is 1. The summed E-state index contributed by atoms with van der Waals surface area (Å²) in [6, 6.07) is 15.2. The monoisotopic (exact) mass is 472 g/mol. The fourth-order valence-corrected chi connectivity index (χ4v) is 4.41. The Morgan fingerprint density at radius 3 is 2.61 bits per heavy atom. The highest BCUT2D eigenvalue weighted by atomic mass is 32.2. The lowest BCUT2D eigenvalue weighted by Crippen LogP contribution is -2.47. The summed E-state index contributed by atoms with van der Waals surface area (Å²) in [6.07, 6.45) is 1.18. The van der Waals surface area contributed by atoms with E-state index in [9.17, 15) is 19.7 Å². The van der Waals surface area contributed by atoms with Gasteiger partial charge in [-0.3, -0.25) is 14.9 Å². The summed E-state index contributed by atoms with van der Waals surface area (Å²) >= 11 is 1.68. The molecule has 1 atom stereocenters. The molecule has 1 saturated heterocycles. The van der Waals surface area contributed by atoms with E-state index in [2.05, 4.69) is 10.6 Å². The van der Waals surface area contributed by atoms with E-state index in [4.69, 9.17) is 4.74 Å². The molecule has 1 fully saturated rings. The van der Waals surface area contributed by atoms with Gasteiger partial charge in [0.1, 0.15) is 18.3 Å². The maximum absolute atomic E-state index is 12.9. The number of alkyl carbamates (subject to hydrolysis) is 1. The second-order valence-electron chi connectivity index (χ2n) is 7.59. The van der Waals surface area contributed by atoms with Gasteiger partial charge >= 0.3 is 6.09 Å². The van der Waals surface area contributed by atoms with Crippen molar-refractivity contribution in [2.24, 2.45) is 0 Å². The van der Waals surface area contributed by atoms with Gasteiger partial charge in [-0.1, -0.05) is 42.5 Å². The normalized spacial score (nSPS) is 13.9. The molecule has 0 saturated carbocycles. The lowest BCUT2D eigenvalue weighted by molar-refractivity contribution is -0.384. The Bertz CT molecular complexity index is 937. The lowest BCUT2D eigenvalue weighted by atomic mass is 10.1. The van der Waals surface area contributed by atoms with Crippen LogP contribution in [0.2, 0.25) is 0 Å². The Labute approximate surface area is 197 Å². The van der Waals surface area contributed by atoms with Crippen LogP contribution in [-0.2, 0) is 16.1 Å². The number of ether oxygens (including phenoxy) is 1. The van der Waals surface area contributed by atoms with Crippen LogP contribution in [0.15, 0.2) is 54.6 Å². The van der Waals surface area contributed by atoms with Crippen LogP contribution in [-0.4, -0.2) is 52.6 Å². The number of hydrogen-bond donors (Lipinski definition) is 2. The highest BCUT2D eigenvalue weighted by molar-refractivity contribution is 7.99. The minimum atomic E-state index is -0.668. The Morgan fingerprint density at radius 2 is 1.88 bits per heavy atom. The van der Waals surface area contributed by atoms with Gasteiger partial charge in [0.25, 0.3) is 5.69 Å². The molecule has 1 heterocycles. The van der Waals surface area contributed by atoms with E-state index < -0.39 is 17.1 Å². The number of nitrogens with zero attached hydrogens (tertiary/aromatic N) is 2. The zero-order chi connectivity index (χ0) is 23.5. The number of thioether (sulfide) groups is 1. The Kier molecular flexibility index (Phi) is 9.37. The number of nitrogens with one attached hydrogen (secondary N) is 2. The molecule has 0 radical (unpaired) electrons. The van der Waals surface area contributed by atoms with Crippen LogP contribution in [0.25, 0.3) is 0 Å². The lowest BCUT2D eigenvalue weighted by Gasteiger charge is -2.23. The molecular formula is C23H28N4O5S. The van der Waals surface area contributed by atoms with E-state index in [0.29, 0.717) is 43.9 Å². The van der Waals surface area contributed by atoms with E-state index in [1.807, 2.05) is 30.3 Å². The van der Waals surface area contributed by atoms with E-state index in [-0.39, 0.29) is 18.2 Å². The molecule has 2 N–H and O–H groups in total. The molecule has 2 amide bonds. The average Bonchev–Trinajstić information content (AvgIpc) is 3.37. The van der Waals surface area contributed by atoms with Gasteiger partial charge in [-0.15, -0.1) is 11.8 Å². The second kappa shape index (κ2) is 12.7. The molecule has 9 nitrogen and oxygen atoms in total. The highest BCUT2D eigenvalue weighted by Crippen LogP contribution is 2.23. The molecule has 33 heavy (non-hydrogen) atoms. The Morgan fingerprint density at radius 1 is 1.12 bits per heavy atom. The van der Waals surface area contributed by atoms with Gasteiger partial charge in [-0.25, -0.2) is 4.79 Å². The molecule has 0 bridgehead atoms. The molecule has 1 aliphatic rings. The largest absolute Gasteiger partial charge is 0.445 e. The quantitative estimate of drug-likeness (QED) is 0.289. The number of unbranched alkanes of at least 4 members (excludes halogenated alkanes) is 1. The summed E-state index contributed by atoms with van der Waals surface area (Å²) in [5.74, 6) is 1.40. The van der Waals surface area contributed by atoms with Gasteiger partial charge in [0, 0.05) is 24.9 Å². The number of para-hydroxylation sites is 2. The van der Waals surface area contributed by atoms with Gasteiger partial charge < -0.3 is 20.3 Å². The standard InChI is InChI=1S/C23H28N4O5S/c28-22(26-14-15-33-17-26)20(25-23(29)32-16-18-8-2-1-3-9-18)11-6-7-13-24-19-10-4-5-12-21(19)27(30)31/h1-5,8-10,12,20,24H,6-7,11,13-17H2,(H,25,29)/t20-/m0/s1. The summed E-state index contributed by atoms with van der Waals surface area (Å²) in [6.45, 7) is 1.32. The number of anilines is 1. The first-order valence-electron chi connectivity index (χ1n) is 10.9. The van der Waals surface area contributed by atoms with Crippen LogP contribution in [0.3, 0.4) is 0 Å². The fraction of sp³-hybridized carbons (Fsp3) is 0.391. The molecule has 2 aromatic rings. The van der Waals surface area contributed by atoms with Gasteiger partial charge in [-0.05, 0) is 30.9 Å². The zero-order valence-electron chi connectivity index (χ0n) is 18.3. The number of nitro groups is 1. The van der Waals surface area contributed by atoms with Crippen molar-refractivity contribution in [1.82, 2.24) is 10.2 Å². The molecule has 176 valence electrons. The van der Waals surface area contributed by atoms with Gasteiger partial charge in [-0.2, -0.15) is 0 Å². The molecule has 0 unspecified atom stereocenters. The maximum atomic E-state index is 12.9. The van der Waals surface area contributed by atoms with Crippen LogP contribution in [0.5, 0.6) is 0 Å². The third-order valence-corrected chi connectivity index (χ3v) is 6.17. The summed E-state index contributed by atoms with van der Waals surface area (Å²) in [5.41, 5.74) is 1.36. The molecule has 10 heteroatoms. The number of rotatable bonds is 11. The van der Waals surface area contributed by atoms with Crippen LogP contribution in [0, 0.1) is 10.1 Å². The molecule has 0 aromatic heterocycles. The van der Waals surface area contributed by atoms with Gasteiger partial charge in [0.05, 0.1) is 10.8 Å². The number of carbonyl (C=O) groups is 2. The van der Waals surface area contributed by atoms with E-state index in [1.165, 1.54) is 6.07 Å². The number of benzene rings is 2. The third-order valence-electron chi connectivity index (χ3n) is 5.20. The SMILES string of the molecule is O=C(N[C@@H](CCCCNc1ccccc1[N+](=O)[O-])C(=O)N1CCSC1)OCc1ccccc1. The number of hydrogen-bond acceptors (Lipinski definition) is 7. The summed E-state index contributed by atoms with van der Waals surface area (Å²) in [7, 11) is 0. The summed E-state index contributed by atoms with van der Waals surface area (Å²) in [5, 5.41) is 16.9.